The van der Waals surface area contributed by atoms with Crippen LogP contribution in [0.3, 0.4) is 0 Å². The highest BCUT2D eigenvalue weighted by Gasteiger charge is 2.28. The molecule has 1 aromatic heterocycles. The normalized spacial score (nSPS) is 21.9. The Balaban J connectivity index is 1.64. The van der Waals surface area contributed by atoms with Crippen LogP contribution in [0.15, 0.2) is 66.8 Å². The first-order valence-corrected chi connectivity index (χ1v) is 8.84. The summed E-state index contributed by atoms with van der Waals surface area (Å²) in [4.78, 5) is 4.05. The van der Waals surface area contributed by atoms with Gasteiger partial charge in [0.25, 0.3) is 0 Å². The second-order valence-electron chi connectivity index (χ2n) is 6.96. The van der Waals surface area contributed by atoms with Crippen LogP contribution in [0.2, 0.25) is 0 Å². The zero-order chi connectivity index (χ0) is 17.2. The SMILES string of the molecule is CC(c1ccc2ccccc2c1)[C@@H]1OC[C@H](C)C=C1Cn1cncn1. The Morgan fingerprint density at radius 3 is 2.84 bits per heavy atom. The molecule has 0 fully saturated rings. The van der Waals surface area contributed by atoms with E-state index in [1.54, 1.807) is 12.7 Å². The predicted octanol–water partition coefficient (Wildman–Crippen LogP) is 4.20. The Labute approximate surface area is 148 Å². The minimum Gasteiger partial charge on any atom is -0.373 e. The molecule has 4 nitrogen and oxygen atoms in total. The second kappa shape index (κ2) is 6.81. The summed E-state index contributed by atoms with van der Waals surface area (Å²) in [6, 6.07) is 15.2. The lowest BCUT2D eigenvalue weighted by Gasteiger charge is -2.32. The standard InChI is InChI=1S/C21H23N3O/c1-15-9-20(11-24-14-22-13-23-24)21(25-12-15)16(2)18-8-7-17-5-3-4-6-19(17)10-18/h3-10,13-16,21H,11-12H2,1-2H3/t15-,16?,21+/m1/s1. The first kappa shape index (κ1) is 16.0. The van der Waals surface area contributed by atoms with E-state index in [0.717, 1.165) is 13.2 Å². The number of benzene rings is 2. The van der Waals surface area contributed by atoms with Gasteiger partial charge >= 0.3 is 0 Å². The van der Waals surface area contributed by atoms with Gasteiger partial charge in [0, 0.05) is 5.92 Å². The van der Waals surface area contributed by atoms with Gasteiger partial charge in [-0.15, -0.1) is 0 Å². The van der Waals surface area contributed by atoms with Gasteiger partial charge in [0.1, 0.15) is 12.7 Å². The van der Waals surface area contributed by atoms with Crippen molar-refractivity contribution in [2.45, 2.75) is 32.4 Å². The Bertz CT molecular complexity index is 885. The number of ether oxygens (including phenoxy) is 1. The summed E-state index contributed by atoms with van der Waals surface area (Å²) in [6.45, 7) is 5.94. The fourth-order valence-corrected chi connectivity index (χ4v) is 3.65. The molecule has 1 aliphatic rings. The predicted molar refractivity (Wildman–Crippen MR) is 99.4 cm³/mol. The third-order valence-electron chi connectivity index (χ3n) is 4.97. The van der Waals surface area contributed by atoms with Crippen LogP contribution in [-0.4, -0.2) is 27.5 Å². The highest BCUT2D eigenvalue weighted by Crippen LogP contribution is 2.32. The molecule has 0 saturated heterocycles. The summed E-state index contributed by atoms with van der Waals surface area (Å²) in [5, 5.41) is 6.80. The topological polar surface area (TPSA) is 39.9 Å². The minimum absolute atomic E-state index is 0.0709. The molecular formula is C21H23N3O. The quantitative estimate of drug-likeness (QED) is 0.672. The number of hydrogen-bond donors (Lipinski definition) is 0. The number of hydrogen-bond acceptors (Lipinski definition) is 3. The van der Waals surface area contributed by atoms with E-state index in [0.29, 0.717) is 5.92 Å². The molecule has 3 atom stereocenters. The van der Waals surface area contributed by atoms with E-state index < -0.39 is 0 Å². The molecule has 0 N–H and O–H groups in total. The van der Waals surface area contributed by atoms with Crippen molar-refractivity contribution in [3.63, 3.8) is 0 Å². The number of fused-ring (bicyclic) bond motifs is 1. The molecule has 0 spiro atoms. The highest BCUT2D eigenvalue weighted by molar-refractivity contribution is 5.83. The van der Waals surface area contributed by atoms with Crippen molar-refractivity contribution in [3.8, 4) is 0 Å². The average Bonchev–Trinajstić information content (AvgIpc) is 3.14. The van der Waals surface area contributed by atoms with E-state index >= 15 is 0 Å². The van der Waals surface area contributed by atoms with Gasteiger partial charge in [0.05, 0.1) is 19.3 Å². The van der Waals surface area contributed by atoms with E-state index in [9.17, 15) is 0 Å². The average molecular weight is 333 g/mol. The van der Waals surface area contributed by atoms with Crippen LogP contribution in [0, 0.1) is 5.92 Å². The maximum atomic E-state index is 6.25. The zero-order valence-electron chi connectivity index (χ0n) is 14.7. The summed E-state index contributed by atoms with van der Waals surface area (Å²) in [7, 11) is 0. The molecule has 25 heavy (non-hydrogen) atoms. The van der Waals surface area contributed by atoms with Crippen LogP contribution in [0.1, 0.15) is 25.3 Å². The lowest BCUT2D eigenvalue weighted by molar-refractivity contribution is 0.0336. The minimum atomic E-state index is 0.0709. The van der Waals surface area contributed by atoms with Crippen LogP contribution < -0.4 is 0 Å². The van der Waals surface area contributed by atoms with E-state index in [2.05, 4.69) is 72.5 Å². The summed E-state index contributed by atoms with van der Waals surface area (Å²) in [5.41, 5.74) is 2.59. The lowest BCUT2D eigenvalue weighted by Crippen LogP contribution is -2.31. The van der Waals surface area contributed by atoms with E-state index in [1.807, 2.05) is 4.68 Å². The third-order valence-corrected chi connectivity index (χ3v) is 4.97. The van der Waals surface area contributed by atoms with Crippen molar-refractivity contribution in [1.82, 2.24) is 14.8 Å². The molecule has 1 aliphatic heterocycles. The molecule has 4 rings (SSSR count). The molecule has 4 heteroatoms. The summed E-state index contributed by atoms with van der Waals surface area (Å²) in [6.07, 6.45) is 5.75. The third kappa shape index (κ3) is 3.35. The first-order valence-electron chi connectivity index (χ1n) is 8.84. The van der Waals surface area contributed by atoms with Gasteiger partial charge in [-0.3, -0.25) is 0 Å². The Morgan fingerprint density at radius 2 is 2.04 bits per heavy atom. The van der Waals surface area contributed by atoms with Crippen LogP contribution in [0.25, 0.3) is 10.8 Å². The van der Waals surface area contributed by atoms with Gasteiger partial charge in [0.15, 0.2) is 0 Å². The smallest absolute Gasteiger partial charge is 0.137 e. The molecule has 2 aromatic carbocycles. The monoisotopic (exact) mass is 333 g/mol. The molecular weight excluding hydrogens is 310 g/mol. The van der Waals surface area contributed by atoms with Crippen LogP contribution >= 0.6 is 0 Å². The van der Waals surface area contributed by atoms with Gasteiger partial charge in [-0.05, 0) is 27.8 Å². The summed E-state index contributed by atoms with van der Waals surface area (Å²) >= 11 is 0. The van der Waals surface area contributed by atoms with Crippen molar-refractivity contribution in [3.05, 3.63) is 72.3 Å². The molecule has 2 heterocycles. The highest BCUT2D eigenvalue weighted by atomic mass is 16.5. The fourth-order valence-electron chi connectivity index (χ4n) is 3.65. The van der Waals surface area contributed by atoms with Crippen LogP contribution in [0.5, 0.6) is 0 Å². The summed E-state index contributed by atoms with van der Waals surface area (Å²) in [5.74, 6) is 0.713. The van der Waals surface area contributed by atoms with Gasteiger partial charge in [-0.1, -0.05) is 62.4 Å². The number of nitrogens with zero attached hydrogens (tertiary/aromatic N) is 3. The molecule has 0 amide bonds. The van der Waals surface area contributed by atoms with Gasteiger partial charge in [-0.25, -0.2) is 9.67 Å². The van der Waals surface area contributed by atoms with E-state index in [1.165, 1.54) is 21.9 Å². The van der Waals surface area contributed by atoms with Crippen molar-refractivity contribution in [2.24, 2.45) is 5.92 Å². The van der Waals surface area contributed by atoms with E-state index in [-0.39, 0.29) is 12.0 Å². The number of rotatable bonds is 4. The second-order valence-corrected chi connectivity index (χ2v) is 6.96. The zero-order valence-corrected chi connectivity index (χ0v) is 14.7. The molecule has 0 radical (unpaired) electrons. The van der Waals surface area contributed by atoms with Crippen molar-refractivity contribution in [1.29, 1.82) is 0 Å². The largest absolute Gasteiger partial charge is 0.373 e. The van der Waals surface area contributed by atoms with E-state index in [4.69, 9.17) is 4.74 Å². The summed E-state index contributed by atoms with van der Waals surface area (Å²) < 4.78 is 8.12. The van der Waals surface area contributed by atoms with Gasteiger partial charge < -0.3 is 4.74 Å². The van der Waals surface area contributed by atoms with Crippen molar-refractivity contribution < 1.29 is 4.74 Å². The molecule has 0 saturated carbocycles. The van der Waals surface area contributed by atoms with Gasteiger partial charge in [0.2, 0.25) is 0 Å². The van der Waals surface area contributed by atoms with Crippen LogP contribution in [-0.2, 0) is 11.3 Å². The Hall–Kier alpha value is -2.46. The van der Waals surface area contributed by atoms with Crippen molar-refractivity contribution in [2.75, 3.05) is 6.61 Å². The van der Waals surface area contributed by atoms with Crippen LogP contribution in [0.4, 0.5) is 0 Å². The van der Waals surface area contributed by atoms with Gasteiger partial charge in [-0.2, -0.15) is 5.10 Å². The molecule has 0 bridgehead atoms. The van der Waals surface area contributed by atoms with Crippen molar-refractivity contribution >= 4 is 10.8 Å². The first-order chi connectivity index (χ1) is 12.2. The number of aromatic nitrogens is 3. The maximum absolute atomic E-state index is 6.25. The maximum Gasteiger partial charge on any atom is 0.137 e. The molecule has 128 valence electrons. The molecule has 3 aromatic rings. The Kier molecular flexibility index (Phi) is 4.36. The lowest BCUT2D eigenvalue weighted by atomic mass is 9.86. The molecule has 0 aliphatic carbocycles. The fraction of sp³-hybridized carbons (Fsp3) is 0.333. The Morgan fingerprint density at radius 1 is 1.20 bits per heavy atom. The molecule has 1 unspecified atom stereocenters.